The van der Waals surface area contributed by atoms with Crippen LogP contribution in [0.1, 0.15) is 26.2 Å². The Morgan fingerprint density at radius 3 is 2.67 bits per heavy atom. The van der Waals surface area contributed by atoms with Crippen molar-refractivity contribution in [1.82, 2.24) is 9.96 Å². The van der Waals surface area contributed by atoms with Crippen molar-refractivity contribution in [2.45, 2.75) is 31.8 Å². The molecule has 0 aliphatic carbocycles. The summed E-state index contributed by atoms with van der Waals surface area (Å²) in [6.45, 7) is 5.98. The second kappa shape index (κ2) is 3.19. The Labute approximate surface area is 90.1 Å². The van der Waals surface area contributed by atoms with Crippen LogP contribution in [-0.4, -0.2) is 47.7 Å². The normalized spacial score (nSPS) is 44.3. The Hall–Kier alpha value is -0.610. The summed E-state index contributed by atoms with van der Waals surface area (Å²) in [7, 11) is 0. The Kier molecular flexibility index (Phi) is 2.04. The molecule has 4 heterocycles. The first-order valence-electron chi connectivity index (χ1n) is 5.95. The Balaban J connectivity index is 1.84. The van der Waals surface area contributed by atoms with Gasteiger partial charge in [-0.2, -0.15) is 0 Å². The molecular formula is C11H18N2O2. The molecule has 1 spiro atoms. The van der Waals surface area contributed by atoms with E-state index in [2.05, 4.69) is 4.90 Å². The van der Waals surface area contributed by atoms with Crippen LogP contribution in [0.25, 0.3) is 0 Å². The summed E-state index contributed by atoms with van der Waals surface area (Å²) in [5.74, 6) is 0.772. The fourth-order valence-electron chi connectivity index (χ4n) is 3.32. The zero-order chi connectivity index (χ0) is 10.5. The van der Waals surface area contributed by atoms with Crippen LogP contribution in [0, 0.1) is 5.92 Å². The van der Waals surface area contributed by atoms with Gasteiger partial charge in [0.05, 0.1) is 6.42 Å². The number of hydrogen-bond acceptors (Lipinski definition) is 3. The van der Waals surface area contributed by atoms with Crippen LogP contribution in [0.5, 0.6) is 0 Å². The zero-order valence-electron chi connectivity index (χ0n) is 9.24. The van der Waals surface area contributed by atoms with Gasteiger partial charge >= 0.3 is 0 Å². The topological polar surface area (TPSA) is 32.8 Å². The van der Waals surface area contributed by atoms with Crippen LogP contribution in [0.3, 0.4) is 0 Å². The lowest BCUT2D eigenvalue weighted by molar-refractivity contribution is -0.237. The van der Waals surface area contributed by atoms with Crippen molar-refractivity contribution >= 4 is 5.91 Å². The smallest absolute Gasteiger partial charge is 0.249 e. The van der Waals surface area contributed by atoms with Gasteiger partial charge in [0.1, 0.15) is 5.60 Å². The number of carbonyl (C=O) groups excluding carboxylic acids is 1. The predicted octanol–water partition coefficient (Wildman–Crippen LogP) is 0.635. The SMILES string of the molecule is CCN1OC2(CC1=O)CN1CCC2CC1. The van der Waals surface area contributed by atoms with E-state index < -0.39 is 0 Å². The van der Waals surface area contributed by atoms with E-state index in [-0.39, 0.29) is 11.5 Å². The van der Waals surface area contributed by atoms with Crippen LogP contribution in [0.4, 0.5) is 0 Å². The second-order valence-electron chi connectivity index (χ2n) is 4.97. The largest absolute Gasteiger partial charge is 0.300 e. The molecule has 0 aromatic heterocycles. The molecule has 1 atom stereocenters. The molecule has 2 bridgehead atoms. The maximum Gasteiger partial charge on any atom is 0.249 e. The molecule has 4 saturated heterocycles. The standard InChI is InChI=1S/C11H18N2O2/c1-2-13-10(14)7-11(15-13)8-12-5-3-9(11)4-6-12/h9H,2-8H2,1H3. The van der Waals surface area contributed by atoms with Gasteiger partial charge < -0.3 is 4.90 Å². The van der Waals surface area contributed by atoms with Gasteiger partial charge in [-0.15, -0.1) is 0 Å². The molecular weight excluding hydrogens is 192 g/mol. The molecule has 4 aliphatic heterocycles. The molecule has 0 aromatic carbocycles. The summed E-state index contributed by atoms with van der Waals surface area (Å²) >= 11 is 0. The number of carbonyl (C=O) groups is 1. The van der Waals surface area contributed by atoms with E-state index >= 15 is 0 Å². The lowest BCUT2D eigenvalue weighted by Crippen LogP contribution is -2.59. The van der Waals surface area contributed by atoms with Crippen LogP contribution in [0.15, 0.2) is 0 Å². The molecule has 4 fully saturated rings. The highest BCUT2D eigenvalue weighted by atomic mass is 16.7. The van der Waals surface area contributed by atoms with Crippen molar-refractivity contribution in [3.8, 4) is 0 Å². The van der Waals surface area contributed by atoms with Crippen molar-refractivity contribution in [2.24, 2.45) is 5.92 Å². The quantitative estimate of drug-likeness (QED) is 0.636. The number of fused-ring (bicyclic) bond motifs is 2. The average molecular weight is 210 g/mol. The van der Waals surface area contributed by atoms with E-state index in [0.29, 0.717) is 18.9 Å². The average Bonchev–Trinajstić information content (AvgIpc) is 2.56. The summed E-state index contributed by atoms with van der Waals surface area (Å²) < 4.78 is 0. The highest BCUT2D eigenvalue weighted by Gasteiger charge is 2.54. The molecule has 15 heavy (non-hydrogen) atoms. The third-order valence-electron chi connectivity index (χ3n) is 4.13. The van der Waals surface area contributed by atoms with Gasteiger partial charge in [0.2, 0.25) is 5.91 Å². The van der Waals surface area contributed by atoms with Gasteiger partial charge in [0.15, 0.2) is 0 Å². The third kappa shape index (κ3) is 1.31. The van der Waals surface area contributed by atoms with Crippen molar-refractivity contribution in [3.63, 3.8) is 0 Å². The Morgan fingerprint density at radius 2 is 2.20 bits per heavy atom. The van der Waals surface area contributed by atoms with Crippen LogP contribution >= 0.6 is 0 Å². The molecule has 4 nitrogen and oxygen atoms in total. The summed E-state index contributed by atoms with van der Waals surface area (Å²) in [6, 6.07) is 0. The lowest BCUT2D eigenvalue weighted by atomic mass is 9.74. The van der Waals surface area contributed by atoms with Gasteiger partial charge in [-0.3, -0.25) is 9.63 Å². The van der Waals surface area contributed by atoms with E-state index in [1.54, 1.807) is 5.06 Å². The lowest BCUT2D eigenvalue weighted by Gasteiger charge is -2.49. The minimum atomic E-state index is -0.163. The zero-order valence-corrected chi connectivity index (χ0v) is 9.24. The maximum absolute atomic E-state index is 11.7. The van der Waals surface area contributed by atoms with Crippen LogP contribution in [0.2, 0.25) is 0 Å². The second-order valence-corrected chi connectivity index (χ2v) is 4.97. The first-order valence-corrected chi connectivity index (χ1v) is 5.95. The molecule has 0 aromatic rings. The van der Waals surface area contributed by atoms with E-state index in [1.165, 1.54) is 25.9 Å². The molecule has 84 valence electrons. The number of rotatable bonds is 1. The van der Waals surface area contributed by atoms with E-state index in [1.807, 2.05) is 6.92 Å². The summed E-state index contributed by atoms with van der Waals surface area (Å²) in [5.41, 5.74) is -0.163. The molecule has 0 saturated carbocycles. The minimum absolute atomic E-state index is 0.163. The van der Waals surface area contributed by atoms with Gasteiger partial charge in [-0.25, -0.2) is 5.06 Å². The third-order valence-corrected chi connectivity index (χ3v) is 4.13. The summed E-state index contributed by atoms with van der Waals surface area (Å²) in [4.78, 5) is 20.1. The highest BCUT2D eigenvalue weighted by Crippen LogP contribution is 2.44. The van der Waals surface area contributed by atoms with Gasteiger partial charge in [0, 0.05) is 13.1 Å². The summed E-state index contributed by atoms with van der Waals surface area (Å²) in [6.07, 6.45) is 3.00. The van der Waals surface area contributed by atoms with E-state index in [9.17, 15) is 4.79 Å². The molecule has 4 rings (SSSR count). The molecule has 0 radical (unpaired) electrons. The molecule has 1 amide bonds. The Bertz CT molecular complexity index is 286. The molecule has 4 heteroatoms. The van der Waals surface area contributed by atoms with Gasteiger partial charge in [0.25, 0.3) is 0 Å². The van der Waals surface area contributed by atoms with Gasteiger partial charge in [-0.05, 0) is 38.8 Å². The fourth-order valence-corrected chi connectivity index (χ4v) is 3.32. The van der Waals surface area contributed by atoms with E-state index in [0.717, 1.165) is 6.54 Å². The van der Waals surface area contributed by atoms with Crippen molar-refractivity contribution in [1.29, 1.82) is 0 Å². The van der Waals surface area contributed by atoms with Crippen LogP contribution in [-0.2, 0) is 9.63 Å². The number of hydrogen-bond donors (Lipinski definition) is 0. The van der Waals surface area contributed by atoms with Crippen molar-refractivity contribution in [3.05, 3.63) is 0 Å². The summed E-state index contributed by atoms with van der Waals surface area (Å²) in [5, 5.41) is 1.56. The van der Waals surface area contributed by atoms with Crippen molar-refractivity contribution in [2.75, 3.05) is 26.2 Å². The first-order chi connectivity index (χ1) is 7.23. The first kappa shape index (κ1) is 9.60. The molecule has 1 unspecified atom stereocenters. The highest BCUT2D eigenvalue weighted by molar-refractivity contribution is 5.78. The minimum Gasteiger partial charge on any atom is -0.300 e. The monoisotopic (exact) mass is 210 g/mol. The number of hydroxylamine groups is 2. The number of nitrogens with zero attached hydrogens (tertiary/aromatic N) is 2. The Morgan fingerprint density at radius 1 is 1.47 bits per heavy atom. The number of amides is 1. The molecule has 0 N–H and O–H groups in total. The van der Waals surface area contributed by atoms with Gasteiger partial charge in [-0.1, -0.05) is 0 Å². The predicted molar refractivity (Wildman–Crippen MR) is 55.0 cm³/mol. The van der Waals surface area contributed by atoms with Crippen LogP contribution < -0.4 is 0 Å². The van der Waals surface area contributed by atoms with E-state index in [4.69, 9.17) is 4.84 Å². The maximum atomic E-state index is 11.7. The van der Waals surface area contributed by atoms with Crippen molar-refractivity contribution < 1.29 is 9.63 Å². The number of piperidine rings is 3. The molecule has 4 aliphatic rings. The fraction of sp³-hybridized carbons (Fsp3) is 0.909.